The van der Waals surface area contributed by atoms with Crippen LogP contribution in [-0.4, -0.2) is 64.1 Å². The number of nitrogens with zero attached hydrogens (tertiary/aromatic N) is 3. The number of hydrogen-bond donors (Lipinski definition) is 3. The van der Waals surface area contributed by atoms with Crippen LogP contribution >= 0.6 is 34.9 Å². The maximum absolute atomic E-state index is 12.5. The van der Waals surface area contributed by atoms with Gasteiger partial charge in [0.05, 0.1) is 17.5 Å². The number of oxime groups is 1. The number of aromatic nitrogens is 1. The van der Waals surface area contributed by atoms with Gasteiger partial charge in [-0.15, -0.1) is 0 Å². The molecule has 1 fully saturated rings. The van der Waals surface area contributed by atoms with E-state index >= 15 is 0 Å². The summed E-state index contributed by atoms with van der Waals surface area (Å²) in [6.45, 7) is 0.832. The molecule has 1 aromatic rings. The first-order valence-corrected chi connectivity index (χ1v) is 10.1. The minimum Gasteiger partial charge on any atom is -0.398 e. The zero-order valence-electron chi connectivity index (χ0n) is 13.2. The Bertz CT molecular complexity index is 734. The average molecular weight is 401 g/mol. The molecular weight excluding hydrogens is 384 g/mol. The molecule has 9 nitrogen and oxygen atoms in total. The van der Waals surface area contributed by atoms with E-state index in [0.717, 1.165) is 28.0 Å². The second kappa shape index (κ2) is 8.06. The fraction of sp³-hybridized carbons (Fsp3) is 0.462. The Hall–Kier alpha value is -1.79. The molecule has 4 N–H and O–H groups in total. The minimum atomic E-state index is -0.612. The van der Waals surface area contributed by atoms with Gasteiger partial charge in [0.2, 0.25) is 5.91 Å². The number of hydrogen-bond acceptors (Lipinski definition) is 10. The Morgan fingerprint density at radius 3 is 3.08 bits per heavy atom. The third kappa shape index (κ3) is 4.25. The van der Waals surface area contributed by atoms with Crippen molar-refractivity contribution < 1.29 is 14.4 Å². The van der Waals surface area contributed by atoms with E-state index in [-0.39, 0.29) is 17.7 Å². The highest BCUT2D eigenvalue weighted by atomic mass is 32.2. The normalized spacial score (nSPS) is 22.8. The molecule has 2 aliphatic rings. The van der Waals surface area contributed by atoms with Crippen molar-refractivity contribution in [3.8, 4) is 0 Å². The monoisotopic (exact) mass is 400 g/mol. The lowest BCUT2D eigenvalue weighted by molar-refractivity contribution is -0.134. The first kappa shape index (κ1) is 18.0. The van der Waals surface area contributed by atoms with Crippen molar-refractivity contribution in [2.75, 3.05) is 30.9 Å². The van der Waals surface area contributed by atoms with E-state index in [9.17, 15) is 9.59 Å². The predicted molar refractivity (Wildman–Crippen MR) is 101 cm³/mol. The Morgan fingerprint density at radius 1 is 1.64 bits per heavy atom. The molecule has 2 aliphatic heterocycles. The highest BCUT2D eigenvalue weighted by Gasteiger charge is 2.41. The highest BCUT2D eigenvalue weighted by Crippen LogP contribution is 2.24. The summed E-state index contributed by atoms with van der Waals surface area (Å²) in [7, 11) is 1.34. The van der Waals surface area contributed by atoms with Crippen LogP contribution in [0.2, 0.25) is 0 Å². The molecule has 0 aromatic carbocycles. The summed E-state index contributed by atoms with van der Waals surface area (Å²) in [5.74, 6) is 0.912. The van der Waals surface area contributed by atoms with Gasteiger partial charge in [-0.3, -0.25) is 14.6 Å². The van der Waals surface area contributed by atoms with Crippen LogP contribution < -0.4 is 16.4 Å². The van der Waals surface area contributed by atoms with Crippen LogP contribution in [0.3, 0.4) is 0 Å². The predicted octanol–water partition coefficient (Wildman–Crippen LogP) is -0.105. The Morgan fingerprint density at radius 2 is 2.48 bits per heavy atom. The van der Waals surface area contributed by atoms with Crippen LogP contribution in [0.15, 0.2) is 16.3 Å². The number of thioether (sulfide) groups is 2. The van der Waals surface area contributed by atoms with Crippen molar-refractivity contribution in [1.29, 1.82) is 0 Å². The molecule has 0 spiro atoms. The molecule has 25 heavy (non-hydrogen) atoms. The smallest absolute Gasteiger partial charge is 0.275 e. The summed E-state index contributed by atoms with van der Waals surface area (Å²) in [6, 6.07) is -0.764. The van der Waals surface area contributed by atoms with Gasteiger partial charge in [0.15, 0.2) is 10.8 Å². The third-order valence-electron chi connectivity index (χ3n) is 3.40. The standard InChI is InChI=1S/C13H16N6O3S3/c1-22-19-9(7-4-16-12(14)25-7)11(21)18-8-6(17-10(8)20)5-24-13-15-2-3-23-13/h4,6,8H,2-3,5H2,1H3,(H2,14,16)(H,17,20)(H,18,21)/b19-9-/t6-,8-/m0/s1. The summed E-state index contributed by atoms with van der Waals surface area (Å²) < 4.78 is 1.02. The summed E-state index contributed by atoms with van der Waals surface area (Å²) in [4.78, 5) is 37.8. The van der Waals surface area contributed by atoms with Crippen molar-refractivity contribution in [2.45, 2.75) is 12.1 Å². The molecule has 1 aromatic heterocycles. The number of β-lactam (4-membered cyclic amide) rings is 1. The van der Waals surface area contributed by atoms with Crippen LogP contribution in [0, 0.1) is 0 Å². The van der Waals surface area contributed by atoms with E-state index in [2.05, 4.69) is 25.8 Å². The summed E-state index contributed by atoms with van der Waals surface area (Å²) >= 11 is 4.41. The van der Waals surface area contributed by atoms with E-state index < -0.39 is 11.9 Å². The van der Waals surface area contributed by atoms with Gasteiger partial charge in [-0.1, -0.05) is 40.0 Å². The van der Waals surface area contributed by atoms with Crippen LogP contribution in [0.5, 0.6) is 0 Å². The van der Waals surface area contributed by atoms with Gasteiger partial charge < -0.3 is 21.2 Å². The molecule has 0 unspecified atom stereocenters. The van der Waals surface area contributed by atoms with Gasteiger partial charge in [-0.25, -0.2) is 4.98 Å². The molecule has 2 atom stereocenters. The minimum absolute atomic E-state index is 0.0403. The van der Waals surface area contributed by atoms with E-state index in [1.54, 1.807) is 23.5 Å². The highest BCUT2D eigenvalue weighted by molar-refractivity contribution is 8.39. The van der Waals surface area contributed by atoms with Crippen LogP contribution in [0.1, 0.15) is 4.88 Å². The number of aliphatic imine (C=N–C) groups is 1. The van der Waals surface area contributed by atoms with Crippen molar-refractivity contribution in [3.05, 3.63) is 11.1 Å². The first-order valence-electron chi connectivity index (χ1n) is 7.32. The second-order valence-electron chi connectivity index (χ2n) is 5.06. The fourth-order valence-corrected chi connectivity index (χ4v) is 4.98. The first-order chi connectivity index (χ1) is 12.1. The largest absolute Gasteiger partial charge is 0.398 e. The van der Waals surface area contributed by atoms with Crippen molar-refractivity contribution in [1.82, 2.24) is 15.6 Å². The Balaban J connectivity index is 1.61. The Labute approximate surface area is 156 Å². The molecule has 0 radical (unpaired) electrons. The number of nitrogens with one attached hydrogen (secondary N) is 2. The lowest BCUT2D eigenvalue weighted by Gasteiger charge is -2.36. The molecule has 12 heteroatoms. The maximum Gasteiger partial charge on any atom is 0.275 e. The summed E-state index contributed by atoms with van der Waals surface area (Å²) in [5, 5.41) is 9.55. The van der Waals surface area contributed by atoms with Gasteiger partial charge >= 0.3 is 0 Å². The lowest BCUT2D eigenvalue weighted by Crippen LogP contribution is -2.70. The molecule has 134 valence electrons. The van der Waals surface area contributed by atoms with Gasteiger partial charge in [0, 0.05) is 17.7 Å². The van der Waals surface area contributed by atoms with Crippen LogP contribution in [0.4, 0.5) is 5.13 Å². The van der Waals surface area contributed by atoms with E-state index in [0.29, 0.717) is 15.8 Å². The lowest BCUT2D eigenvalue weighted by atomic mass is 10.0. The second-order valence-corrected chi connectivity index (χ2v) is 8.47. The van der Waals surface area contributed by atoms with E-state index in [1.165, 1.54) is 13.3 Å². The van der Waals surface area contributed by atoms with Crippen LogP contribution in [-0.2, 0) is 14.4 Å². The maximum atomic E-state index is 12.5. The van der Waals surface area contributed by atoms with Gasteiger partial charge in [0.1, 0.15) is 17.5 Å². The molecule has 3 heterocycles. The summed E-state index contributed by atoms with van der Waals surface area (Å²) in [5.41, 5.74) is 5.63. The van der Waals surface area contributed by atoms with Crippen LogP contribution in [0.25, 0.3) is 0 Å². The number of rotatable bonds is 6. The van der Waals surface area contributed by atoms with Gasteiger partial charge in [-0.05, 0) is 0 Å². The number of thiazole rings is 1. The number of anilines is 1. The molecule has 0 aliphatic carbocycles. The molecule has 0 bridgehead atoms. The van der Waals surface area contributed by atoms with Gasteiger partial charge in [0.25, 0.3) is 5.91 Å². The fourth-order valence-electron chi connectivity index (χ4n) is 2.21. The zero-order valence-corrected chi connectivity index (χ0v) is 15.7. The SMILES string of the molecule is CO/N=C(\C(=O)N[C@@H]1C(=O)N[C@H]1CSC1=NCCS1)c1cnc(N)s1. The number of carbonyl (C=O) groups is 2. The van der Waals surface area contributed by atoms with Crippen molar-refractivity contribution >= 4 is 61.9 Å². The van der Waals surface area contributed by atoms with Gasteiger partial charge in [-0.2, -0.15) is 0 Å². The number of carbonyl (C=O) groups excluding carboxylic acids is 2. The quantitative estimate of drug-likeness (QED) is 0.345. The third-order valence-corrected chi connectivity index (χ3v) is 6.60. The number of amides is 2. The van der Waals surface area contributed by atoms with E-state index in [1.807, 2.05) is 0 Å². The van der Waals surface area contributed by atoms with Crippen molar-refractivity contribution in [3.63, 3.8) is 0 Å². The number of nitrogen functional groups attached to an aromatic ring is 1. The molecular formula is C13H16N6O3S3. The summed E-state index contributed by atoms with van der Waals surface area (Å²) in [6.07, 6.45) is 1.45. The molecule has 0 saturated carbocycles. The topological polar surface area (TPSA) is 131 Å². The number of nitrogens with two attached hydrogens (primary N) is 1. The molecule has 1 saturated heterocycles. The molecule has 3 rings (SSSR count). The molecule has 2 amide bonds. The zero-order chi connectivity index (χ0) is 17.8. The van der Waals surface area contributed by atoms with Crippen molar-refractivity contribution in [2.24, 2.45) is 10.1 Å². The average Bonchev–Trinajstić information content (AvgIpc) is 3.25. The van der Waals surface area contributed by atoms with E-state index in [4.69, 9.17) is 10.6 Å². The Kier molecular flexibility index (Phi) is 5.81.